The van der Waals surface area contributed by atoms with Crippen LogP contribution in [0.2, 0.25) is 0 Å². The number of amides is 1. The van der Waals surface area contributed by atoms with E-state index in [2.05, 4.69) is 15.7 Å². The van der Waals surface area contributed by atoms with Crippen LogP contribution in [0.3, 0.4) is 0 Å². The second-order valence-corrected chi connectivity index (χ2v) is 5.11. The molecule has 0 aliphatic carbocycles. The van der Waals surface area contributed by atoms with E-state index in [9.17, 15) is 4.79 Å². The van der Waals surface area contributed by atoms with Gasteiger partial charge in [-0.2, -0.15) is 5.10 Å². The molecule has 1 unspecified atom stereocenters. The quantitative estimate of drug-likeness (QED) is 0.828. The number of nitrogens with zero attached hydrogens (tertiary/aromatic N) is 2. The third kappa shape index (κ3) is 3.57. The number of piperidine rings is 1. The Balaban J connectivity index is 1.75. The van der Waals surface area contributed by atoms with Crippen molar-refractivity contribution >= 4 is 5.91 Å². The van der Waals surface area contributed by atoms with Gasteiger partial charge >= 0.3 is 0 Å². The van der Waals surface area contributed by atoms with Crippen molar-refractivity contribution in [3.63, 3.8) is 0 Å². The van der Waals surface area contributed by atoms with Gasteiger partial charge in [0.05, 0.1) is 5.69 Å². The molecular weight excluding hydrogens is 228 g/mol. The van der Waals surface area contributed by atoms with Gasteiger partial charge in [0.15, 0.2) is 0 Å². The molecule has 1 aromatic heterocycles. The summed E-state index contributed by atoms with van der Waals surface area (Å²) in [5, 5.41) is 10.6. The van der Waals surface area contributed by atoms with E-state index in [0.717, 1.165) is 30.8 Å². The first kappa shape index (κ1) is 13.1. The molecule has 1 saturated heterocycles. The van der Waals surface area contributed by atoms with Gasteiger partial charge in [-0.1, -0.05) is 0 Å². The molecule has 1 aliphatic heterocycles. The van der Waals surface area contributed by atoms with Crippen molar-refractivity contribution in [2.24, 2.45) is 13.0 Å². The van der Waals surface area contributed by atoms with Crippen LogP contribution in [0.25, 0.3) is 0 Å². The normalized spacial score (nSPS) is 19.8. The largest absolute Gasteiger partial charge is 0.352 e. The molecule has 18 heavy (non-hydrogen) atoms. The second kappa shape index (κ2) is 6.00. The Morgan fingerprint density at radius 3 is 3.11 bits per heavy atom. The zero-order chi connectivity index (χ0) is 13.0. The first-order valence-electron chi connectivity index (χ1n) is 6.61. The fourth-order valence-corrected chi connectivity index (χ4v) is 2.45. The number of carbonyl (C=O) groups is 1. The lowest BCUT2D eigenvalue weighted by Crippen LogP contribution is -2.34. The van der Waals surface area contributed by atoms with Crippen LogP contribution in [0, 0.1) is 12.8 Å². The molecular formula is C13H22N4O. The lowest BCUT2D eigenvalue weighted by Gasteiger charge is -2.22. The molecule has 1 aromatic rings. The van der Waals surface area contributed by atoms with E-state index in [1.807, 2.05) is 20.2 Å². The number of nitrogens with one attached hydrogen (secondary N) is 2. The van der Waals surface area contributed by atoms with Crippen molar-refractivity contribution in [3.05, 3.63) is 17.5 Å². The molecule has 5 heteroatoms. The number of hydrogen-bond donors (Lipinski definition) is 2. The average Bonchev–Trinajstić information content (AvgIpc) is 2.66. The van der Waals surface area contributed by atoms with Crippen LogP contribution >= 0.6 is 0 Å². The summed E-state index contributed by atoms with van der Waals surface area (Å²) in [5.74, 6) is 0.640. The van der Waals surface area contributed by atoms with Gasteiger partial charge in [0.1, 0.15) is 0 Å². The van der Waals surface area contributed by atoms with Crippen LogP contribution in [-0.4, -0.2) is 28.8 Å². The SMILES string of the molecule is Cc1nn(C)cc1CNC(=O)CC1CCCNC1. The van der Waals surface area contributed by atoms with Gasteiger partial charge in [-0.05, 0) is 38.8 Å². The zero-order valence-electron chi connectivity index (χ0n) is 11.2. The van der Waals surface area contributed by atoms with Crippen molar-refractivity contribution < 1.29 is 4.79 Å². The van der Waals surface area contributed by atoms with Gasteiger partial charge in [-0.15, -0.1) is 0 Å². The Hall–Kier alpha value is -1.36. The maximum absolute atomic E-state index is 11.8. The molecule has 0 radical (unpaired) electrons. The lowest BCUT2D eigenvalue weighted by atomic mass is 9.96. The van der Waals surface area contributed by atoms with E-state index in [0.29, 0.717) is 18.9 Å². The predicted molar refractivity (Wildman–Crippen MR) is 70.0 cm³/mol. The highest BCUT2D eigenvalue weighted by Crippen LogP contribution is 2.13. The van der Waals surface area contributed by atoms with Crippen LogP contribution in [0.5, 0.6) is 0 Å². The van der Waals surface area contributed by atoms with Gasteiger partial charge < -0.3 is 10.6 Å². The van der Waals surface area contributed by atoms with Crippen LogP contribution in [0.1, 0.15) is 30.5 Å². The number of rotatable bonds is 4. The van der Waals surface area contributed by atoms with E-state index < -0.39 is 0 Å². The Bertz CT molecular complexity index is 407. The predicted octanol–water partition coefficient (Wildman–Crippen LogP) is 0.734. The number of carbonyl (C=O) groups excluding carboxylic acids is 1. The Kier molecular flexibility index (Phi) is 4.36. The monoisotopic (exact) mass is 250 g/mol. The number of hydrogen-bond acceptors (Lipinski definition) is 3. The topological polar surface area (TPSA) is 59.0 Å². The van der Waals surface area contributed by atoms with Gasteiger partial charge in [0, 0.05) is 31.8 Å². The third-order valence-electron chi connectivity index (χ3n) is 3.46. The van der Waals surface area contributed by atoms with E-state index in [1.165, 1.54) is 6.42 Å². The maximum Gasteiger partial charge on any atom is 0.220 e. The molecule has 0 spiro atoms. The van der Waals surface area contributed by atoms with Crippen molar-refractivity contribution in [2.75, 3.05) is 13.1 Å². The minimum atomic E-state index is 0.145. The van der Waals surface area contributed by atoms with E-state index in [4.69, 9.17) is 0 Å². The average molecular weight is 250 g/mol. The summed E-state index contributed by atoms with van der Waals surface area (Å²) in [4.78, 5) is 11.8. The highest BCUT2D eigenvalue weighted by molar-refractivity contribution is 5.76. The second-order valence-electron chi connectivity index (χ2n) is 5.11. The van der Waals surface area contributed by atoms with Crippen molar-refractivity contribution in [1.82, 2.24) is 20.4 Å². The van der Waals surface area contributed by atoms with E-state index in [1.54, 1.807) is 4.68 Å². The summed E-state index contributed by atoms with van der Waals surface area (Å²) in [6, 6.07) is 0. The summed E-state index contributed by atoms with van der Waals surface area (Å²) >= 11 is 0. The lowest BCUT2D eigenvalue weighted by molar-refractivity contribution is -0.122. The Morgan fingerprint density at radius 1 is 1.67 bits per heavy atom. The minimum Gasteiger partial charge on any atom is -0.352 e. The van der Waals surface area contributed by atoms with Crippen LogP contribution in [0.4, 0.5) is 0 Å². The molecule has 0 bridgehead atoms. The van der Waals surface area contributed by atoms with E-state index in [-0.39, 0.29) is 5.91 Å². The number of aromatic nitrogens is 2. The highest BCUT2D eigenvalue weighted by Gasteiger charge is 2.16. The first-order chi connectivity index (χ1) is 8.65. The zero-order valence-corrected chi connectivity index (χ0v) is 11.2. The fraction of sp³-hybridized carbons (Fsp3) is 0.692. The number of aryl methyl sites for hydroxylation is 2. The van der Waals surface area contributed by atoms with Crippen molar-refractivity contribution in [1.29, 1.82) is 0 Å². The summed E-state index contributed by atoms with van der Waals surface area (Å²) in [7, 11) is 1.89. The molecule has 2 rings (SSSR count). The van der Waals surface area contributed by atoms with Crippen LogP contribution < -0.4 is 10.6 Å². The molecule has 0 aromatic carbocycles. The van der Waals surface area contributed by atoms with Gasteiger partial charge in [-0.3, -0.25) is 9.48 Å². The van der Waals surface area contributed by atoms with Gasteiger partial charge in [0.2, 0.25) is 5.91 Å². The summed E-state index contributed by atoms with van der Waals surface area (Å²) in [6.07, 6.45) is 4.93. The van der Waals surface area contributed by atoms with Gasteiger partial charge in [0.25, 0.3) is 0 Å². The summed E-state index contributed by atoms with van der Waals surface area (Å²) in [5.41, 5.74) is 2.07. The molecule has 2 N–H and O–H groups in total. The minimum absolute atomic E-state index is 0.145. The molecule has 0 saturated carbocycles. The van der Waals surface area contributed by atoms with Crippen LogP contribution in [-0.2, 0) is 18.4 Å². The summed E-state index contributed by atoms with van der Waals surface area (Å²) < 4.78 is 1.78. The molecule has 1 aliphatic rings. The molecule has 2 heterocycles. The molecule has 5 nitrogen and oxygen atoms in total. The Labute approximate surface area is 108 Å². The smallest absolute Gasteiger partial charge is 0.220 e. The molecule has 100 valence electrons. The standard InChI is InChI=1S/C13H22N4O/c1-10-12(9-17(2)16-10)8-15-13(18)6-11-4-3-5-14-7-11/h9,11,14H,3-8H2,1-2H3,(H,15,18). The fourth-order valence-electron chi connectivity index (χ4n) is 2.45. The molecule has 1 amide bonds. The molecule has 1 fully saturated rings. The maximum atomic E-state index is 11.8. The van der Waals surface area contributed by atoms with Crippen molar-refractivity contribution in [3.8, 4) is 0 Å². The third-order valence-corrected chi connectivity index (χ3v) is 3.46. The molecule has 1 atom stereocenters. The van der Waals surface area contributed by atoms with Crippen molar-refractivity contribution in [2.45, 2.75) is 32.7 Å². The highest BCUT2D eigenvalue weighted by atomic mass is 16.1. The van der Waals surface area contributed by atoms with Gasteiger partial charge in [-0.25, -0.2) is 0 Å². The first-order valence-corrected chi connectivity index (χ1v) is 6.61. The Morgan fingerprint density at radius 2 is 2.50 bits per heavy atom. The van der Waals surface area contributed by atoms with Crippen LogP contribution in [0.15, 0.2) is 6.20 Å². The summed E-state index contributed by atoms with van der Waals surface area (Å²) in [6.45, 7) is 4.61. The van der Waals surface area contributed by atoms with E-state index >= 15 is 0 Å².